The van der Waals surface area contributed by atoms with Crippen LogP contribution in [0.15, 0.2) is 66.7 Å². The molecule has 1 atom stereocenters. The second-order valence-electron chi connectivity index (χ2n) is 11.4. The molecular formula is C33H37Cl2N3O5. The van der Waals surface area contributed by atoms with Crippen molar-refractivity contribution in [3.8, 4) is 11.5 Å². The third kappa shape index (κ3) is 6.71. The molecule has 2 aliphatic rings. The van der Waals surface area contributed by atoms with Crippen molar-refractivity contribution in [2.24, 2.45) is 5.73 Å². The van der Waals surface area contributed by atoms with Crippen molar-refractivity contribution in [1.29, 1.82) is 0 Å². The van der Waals surface area contributed by atoms with Crippen LogP contribution < -0.4 is 15.2 Å². The van der Waals surface area contributed by atoms with Crippen molar-refractivity contribution in [3.05, 3.63) is 93.5 Å². The molecule has 0 aliphatic carbocycles. The highest BCUT2D eigenvalue weighted by Crippen LogP contribution is 2.42. The molecule has 43 heavy (non-hydrogen) atoms. The molecule has 2 amide bonds. The van der Waals surface area contributed by atoms with E-state index in [-0.39, 0.29) is 11.3 Å². The molecule has 2 N–H and O–H groups in total. The van der Waals surface area contributed by atoms with Crippen molar-refractivity contribution in [3.63, 3.8) is 0 Å². The highest BCUT2D eigenvalue weighted by atomic mass is 35.5. The van der Waals surface area contributed by atoms with E-state index in [1.165, 1.54) is 0 Å². The van der Waals surface area contributed by atoms with Gasteiger partial charge in [0.05, 0.1) is 24.3 Å². The Morgan fingerprint density at radius 3 is 2.12 bits per heavy atom. The van der Waals surface area contributed by atoms with Gasteiger partial charge in [0.15, 0.2) is 0 Å². The average molecular weight is 627 g/mol. The van der Waals surface area contributed by atoms with E-state index in [1.807, 2.05) is 53.4 Å². The van der Waals surface area contributed by atoms with Crippen molar-refractivity contribution >= 4 is 35.2 Å². The topological polar surface area (TPSA) is 94.3 Å². The average Bonchev–Trinajstić information content (AvgIpc) is 3.47. The molecule has 10 heteroatoms. The molecule has 8 nitrogen and oxygen atoms in total. The summed E-state index contributed by atoms with van der Waals surface area (Å²) in [6.45, 7) is 3.42. The lowest BCUT2D eigenvalue weighted by atomic mass is 9.76. The first-order valence-corrected chi connectivity index (χ1v) is 15.2. The normalized spacial score (nSPS) is 20.0. The Morgan fingerprint density at radius 1 is 0.837 bits per heavy atom. The van der Waals surface area contributed by atoms with E-state index in [9.17, 15) is 9.59 Å². The molecule has 5 rings (SSSR count). The Labute approximate surface area is 262 Å². The van der Waals surface area contributed by atoms with Crippen LogP contribution in [0.4, 0.5) is 4.79 Å². The van der Waals surface area contributed by atoms with Crippen LogP contribution in [-0.4, -0.2) is 68.7 Å². The predicted octanol–water partition coefficient (Wildman–Crippen LogP) is 6.27. The van der Waals surface area contributed by atoms with Gasteiger partial charge >= 0.3 is 6.09 Å². The van der Waals surface area contributed by atoms with E-state index in [0.717, 1.165) is 43.6 Å². The number of amides is 2. The zero-order chi connectivity index (χ0) is 30.6. The number of nitrogens with zero attached hydrogens (tertiary/aromatic N) is 2. The Bertz CT molecular complexity index is 1440. The minimum absolute atomic E-state index is 0.0756. The van der Waals surface area contributed by atoms with Crippen molar-refractivity contribution in [1.82, 2.24) is 9.80 Å². The number of methoxy groups -OCH3 is 2. The minimum atomic E-state index is -0.764. The third-order valence-electron chi connectivity index (χ3n) is 8.94. The standard InChI is InChI=1S/C33H37Cl2N3O5/c1-41-26-18-23(19-27(21-26)42-2)30(39)38-17-11-32(22-38,25-8-9-28(34)29(35)20-25)10-14-37-15-12-33(13-16-37,43-31(36)40)24-6-4-3-5-7-24/h3-9,18-21H,10-17,22H2,1-2H3,(H2,36,40). The molecule has 0 saturated carbocycles. The summed E-state index contributed by atoms with van der Waals surface area (Å²) in [6, 6.07) is 20.8. The summed E-state index contributed by atoms with van der Waals surface area (Å²) in [4.78, 5) is 29.9. The lowest BCUT2D eigenvalue weighted by Crippen LogP contribution is -2.47. The maximum atomic E-state index is 13.7. The maximum absolute atomic E-state index is 13.7. The molecule has 228 valence electrons. The van der Waals surface area contributed by atoms with Crippen molar-refractivity contribution in [2.75, 3.05) is 46.9 Å². The van der Waals surface area contributed by atoms with E-state index in [4.69, 9.17) is 43.1 Å². The van der Waals surface area contributed by atoms with Gasteiger partial charge in [-0.05, 0) is 54.8 Å². The number of hydrogen-bond acceptors (Lipinski definition) is 6. The molecule has 2 saturated heterocycles. The van der Waals surface area contributed by atoms with Crippen LogP contribution in [0, 0.1) is 0 Å². The number of likely N-dealkylation sites (tertiary alicyclic amines) is 2. The molecule has 2 fully saturated rings. The van der Waals surface area contributed by atoms with Crippen LogP contribution in [0.1, 0.15) is 47.2 Å². The van der Waals surface area contributed by atoms with E-state index in [0.29, 0.717) is 53.0 Å². The molecule has 3 aromatic rings. The summed E-state index contributed by atoms with van der Waals surface area (Å²) in [5.74, 6) is 1.05. The molecule has 0 bridgehead atoms. The lowest BCUT2D eigenvalue weighted by Gasteiger charge is -2.42. The first kappa shape index (κ1) is 31.0. The van der Waals surface area contributed by atoms with Crippen LogP contribution in [0.3, 0.4) is 0 Å². The number of benzene rings is 3. The van der Waals surface area contributed by atoms with Gasteiger partial charge in [0.2, 0.25) is 0 Å². The first-order valence-electron chi connectivity index (χ1n) is 14.4. The maximum Gasteiger partial charge on any atom is 0.405 e. The summed E-state index contributed by atoms with van der Waals surface area (Å²) < 4.78 is 16.5. The number of nitrogens with two attached hydrogens (primary N) is 1. The smallest absolute Gasteiger partial charge is 0.405 e. The predicted molar refractivity (Wildman–Crippen MR) is 167 cm³/mol. The SMILES string of the molecule is COc1cc(OC)cc(C(=O)N2CCC(CCN3CCC(OC(N)=O)(c4ccccc4)CC3)(c3ccc(Cl)c(Cl)c3)C2)c1. The van der Waals surface area contributed by atoms with Gasteiger partial charge < -0.3 is 29.7 Å². The molecule has 0 spiro atoms. The summed E-state index contributed by atoms with van der Waals surface area (Å²) in [7, 11) is 3.14. The third-order valence-corrected chi connectivity index (χ3v) is 9.68. The molecule has 0 aromatic heterocycles. The van der Waals surface area contributed by atoms with Crippen molar-refractivity contribution < 1.29 is 23.8 Å². The van der Waals surface area contributed by atoms with E-state index < -0.39 is 11.7 Å². The molecular weight excluding hydrogens is 589 g/mol. The van der Waals surface area contributed by atoms with Crippen LogP contribution in [0.2, 0.25) is 10.0 Å². The Kier molecular flexibility index (Phi) is 9.39. The zero-order valence-corrected chi connectivity index (χ0v) is 26.0. The number of carbonyl (C=O) groups is 2. The number of primary amides is 1. The first-order chi connectivity index (χ1) is 20.7. The summed E-state index contributed by atoms with van der Waals surface area (Å²) in [5, 5.41) is 0.993. The lowest BCUT2D eigenvalue weighted by molar-refractivity contribution is -0.0374. The van der Waals surface area contributed by atoms with E-state index in [2.05, 4.69) is 4.90 Å². The minimum Gasteiger partial charge on any atom is -0.497 e. The van der Waals surface area contributed by atoms with Gasteiger partial charge in [-0.2, -0.15) is 0 Å². The fourth-order valence-electron chi connectivity index (χ4n) is 6.46. The number of hydrogen-bond donors (Lipinski definition) is 1. The monoisotopic (exact) mass is 625 g/mol. The van der Waals surface area contributed by atoms with Gasteiger partial charge in [-0.3, -0.25) is 4.79 Å². The Balaban J connectivity index is 1.34. The quantitative estimate of drug-likeness (QED) is 0.301. The fraction of sp³-hybridized carbons (Fsp3) is 0.394. The largest absolute Gasteiger partial charge is 0.497 e. The molecule has 0 radical (unpaired) electrons. The number of rotatable bonds is 9. The van der Waals surface area contributed by atoms with E-state index >= 15 is 0 Å². The van der Waals surface area contributed by atoms with Crippen molar-refractivity contribution in [2.45, 2.75) is 36.7 Å². The molecule has 1 unspecified atom stereocenters. The summed E-state index contributed by atoms with van der Waals surface area (Å²) >= 11 is 12.8. The Morgan fingerprint density at radius 2 is 1.51 bits per heavy atom. The number of ether oxygens (including phenoxy) is 3. The second-order valence-corrected chi connectivity index (χ2v) is 12.2. The van der Waals surface area contributed by atoms with Gasteiger partial charge in [0, 0.05) is 56.1 Å². The van der Waals surface area contributed by atoms with Gasteiger partial charge in [-0.1, -0.05) is 59.6 Å². The number of halogens is 2. The molecule has 2 heterocycles. The number of piperidine rings is 1. The summed E-state index contributed by atoms with van der Waals surface area (Å²) in [5.41, 5.74) is 6.98. The highest BCUT2D eigenvalue weighted by molar-refractivity contribution is 6.42. The van der Waals surface area contributed by atoms with Gasteiger partial charge in [0.25, 0.3) is 5.91 Å². The zero-order valence-electron chi connectivity index (χ0n) is 24.5. The molecule has 3 aromatic carbocycles. The highest BCUT2D eigenvalue weighted by Gasteiger charge is 2.44. The summed E-state index contributed by atoms with van der Waals surface area (Å²) in [6.07, 6.45) is 2.11. The van der Waals surface area contributed by atoms with Gasteiger partial charge in [-0.25, -0.2) is 4.79 Å². The Hall–Kier alpha value is -3.46. The molecule has 2 aliphatic heterocycles. The van der Waals surface area contributed by atoms with Crippen LogP contribution >= 0.6 is 23.2 Å². The van der Waals surface area contributed by atoms with Gasteiger partial charge in [0.1, 0.15) is 17.1 Å². The van der Waals surface area contributed by atoms with Crippen LogP contribution in [0.5, 0.6) is 11.5 Å². The van der Waals surface area contributed by atoms with Crippen LogP contribution in [0.25, 0.3) is 0 Å². The van der Waals surface area contributed by atoms with Gasteiger partial charge in [-0.15, -0.1) is 0 Å². The second kappa shape index (κ2) is 13.0. The number of carbonyl (C=O) groups excluding carboxylic acids is 2. The fourth-order valence-corrected chi connectivity index (χ4v) is 6.76. The van der Waals surface area contributed by atoms with E-state index in [1.54, 1.807) is 32.4 Å². The van der Waals surface area contributed by atoms with Crippen LogP contribution in [-0.2, 0) is 15.8 Å².